The van der Waals surface area contributed by atoms with Crippen molar-refractivity contribution >= 4 is 0 Å². The predicted octanol–water partition coefficient (Wildman–Crippen LogP) is 7.19. The third kappa shape index (κ3) is 5.52. The van der Waals surface area contributed by atoms with E-state index in [1.165, 1.54) is 5.56 Å². The van der Waals surface area contributed by atoms with Crippen molar-refractivity contribution in [2.75, 3.05) is 0 Å². The lowest BCUT2D eigenvalue weighted by atomic mass is 9.82. The van der Waals surface area contributed by atoms with Gasteiger partial charge in [-0.3, -0.25) is 0 Å². The van der Waals surface area contributed by atoms with Crippen LogP contribution in [0, 0.1) is 23.7 Å². The second kappa shape index (κ2) is 9.15. The Bertz CT molecular complexity index is 825. The van der Waals surface area contributed by atoms with E-state index >= 15 is 0 Å². The van der Waals surface area contributed by atoms with Crippen molar-refractivity contribution in [3.63, 3.8) is 0 Å². The van der Waals surface area contributed by atoms with Gasteiger partial charge in [-0.05, 0) is 67.3 Å². The molecular weight excluding hydrogens is 357 g/mol. The minimum absolute atomic E-state index is 0.0707. The van der Waals surface area contributed by atoms with Crippen molar-refractivity contribution in [1.29, 1.82) is 0 Å². The summed E-state index contributed by atoms with van der Waals surface area (Å²) in [7, 11) is 0. The number of aryl methyl sites for hydroxylation is 1. The van der Waals surface area contributed by atoms with Gasteiger partial charge in [-0.1, -0.05) is 54.3 Å². The summed E-state index contributed by atoms with van der Waals surface area (Å²) < 4.78 is 38.2. The van der Waals surface area contributed by atoms with E-state index < -0.39 is 12.1 Å². The van der Waals surface area contributed by atoms with Crippen LogP contribution in [0.4, 0.5) is 13.2 Å². The fraction of sp³-hybridized carbons (Fsp3) is 0.360. The highest BCUT2D eigenvalue weighted by atomic mass is 19.4. The molecule has 0 amide bonds. The van der Waals surface area contributed by atoms with Crippen molar-refractivity contribution in [1.82, 2.24) is 0 Å². The SMILES string of the molecule is C=CCCc1ccc(-c2ccc(C#C[C@H]3CC[C@H](C(F)(F)F)CC3)cc2)cc1. The lowest BCUT2D eigenvalue weighted by molar-refractivity contribution is -0.182. The predicted molar refractivity (Wildman–Crippen MR) is 109 cm³/mol. The van der Waals surface area contributed by atoms with Crippen molar-refractivity contribution < 1.29 is 13.2 Å². The maximum absolute atomic E-state index is 12.7. The Morgan fingerprint density at radius 1 is 0.893 bits per heavy atom. The standard InChI is InChI=1S/C25H25F3/c1-2-3-4-19-7-13-22(14-8-19)23-15-9-20(10-16-23)5-6-21-11-17-24(18-12-21)25(26,27)28/h2,7-10,13-16,21,24H,1,3-4,11-12,17-18H2/t21-,24-. The molecule has 0 aliphatic heterocycles. The summed E-state index contributed by atoms with van der Waals surface area (Å²) in [5, 5.41) is 0. The van der Waals surface area contributed by atoms with Crippen LogP contribution in [0.1, 0.15) is 43.2 Å². The van der Waals surface area contributed by atoms with Crippen molar-refractivity contribution in [2.24, 2.45) is 11.8 Å². The first-order chi connectivity index (χ1) is 13.5. The maximum atomic E-state index is 12.7. The second-order valence-corrected chi connectivity index (χ2v) is 7.46. The van der Waals surface area contributed by atoms with Crippen LogP contribution < -0.4 is 0 Å². The smallest absolute Gasteiger partial charge is 0.171 e. The van der Waals surface area contributed by atoms with Crippen LogP contribution in [0.2, 0.25) is 0 Å². The maximum Gasteiger partial charge on any atom is 0.391 e. The van der Waals surface area contributed by atoms with E-state index in [1.54, 1.807) is 0 Å². The molecule has 146 valence electrons. The zero-order valence-corrected chi connectivity index (χ0v) is 15.9. The molecule has 1 aliphatic carbocycles. The molecule has 28 heavy (non-hydrogen) atoms. The molecule has 2 aromatic carbocycles. The van der Waals surface area contributed by atoms with Crippen molar-refractivity contribution in [3.05, 3.63) is 72.3 Å². The highest BCUT2D eigenvalue weighted by Gasteiger charge is 2.41. The molecule has 0 saturated heterocycles. The van der Waals surface area contributed by atoms with Gasteiger partial charge in [-0.15, -0.1) is 6.58 Å². The first kappa shape index (κ1) is 20.3. The molecule has 0 unspecified atom stereocenters. The Kier molecular flexibility index (Phi) is 6.62. The summed E-state index contributed by atoms with van der Waals surface area (Å²) in [4.78, 5) is 0. The minimum Gasteiger partial charge on any atom is -0.171 e. The van der Waals surface area contributed by atoms with E-state index in [9.17, 15) is 13.2 Å². The van der Waals surface area contributed by atoms with Crippen LogP contribution in [0.5, 0.6) is 0 Å². The molecule has 2 aromatic rings. The minimum atomic E-state index is -4.06. The van der Waals surface area contributed by atoms with E-state index in [0.717, 1.165) is 29.5 Å². The zero-order chi connectivity index (χ0) is 20.0. The second-order valence-electron chi connectivity index (χ2n) is 7.46. The van der Waals surface area contributed by atoms with Gasteiger partial charge in [0, 0.05) is 11.5 Å². The Labute approximate surface area is 165 Å². The molecule has 0 bridgehead atoms. The fourth-order valence-corrected chi connectivity index (χ4v) is 3.63. The monoisotopic (exact) mass is 382 g/mol. The molecular formula is C25H25F3. The van der Waals surface area contributed by atoms with Gasteiger partial charge in [0.25, 0.3) is 0 Å². The number of halogens is 3. The number of allylic oxidation sites excluding steroid dienone is 1. The average Bonchev–Trinajstić information content (AvgIpc) is 2.71. The molecule has 3 rings (SSSR count). The molecule has 0 nitrogen and oxygen atoms in total. The van der Waals surface area contributed by atoms with E-state index in [0.29, 0.717) is 12.8 Å². The van der Waals surface area contributed by atoms with Crippen LogP contribution in [-0.2, 0) is 6.42 Å². The molecule has 0 radical (unpaired) electrons. The highest BCUT2D eigenvalue weighted by Crippen LogP contribution is 2.39. The van der Waals surface area contributed by atoms with E-state index in [4.69, 9.17) is 0 Å². The van der Waals surface area contributed by atoms with Crippen LogP contribution in [0.3, 0.4) is 0 Å². The summed E-state index contributed by atoms with van der Waals surface area (Å²) in [6.07, 6.45) is 1.32. The molecule has 0 N–H and O–H groups in total. The molecule has 0 heterocycles. The Morgan fingerprint density at radius 2 is 1.46 bits per heavy atom. The number of rotatable bonds is 4. The Morgan fingerprint density at radius 3 is 2.00 bits per heavy atom. The fourth-order valence-electron chi connectivity index (χ4n) is 3.63. The third-order valence-corrected chi connectivity index (χ3v) is 5.42. The summed E-state index contributed by atoms with van der Waals surface area (Å²) in [5.74, 6) is 5.23. The molecule has 0 spiro atoms. The largest absolute Gasteiger partial charge is 0.391 e. The quantitative estimate of drug-likeness (QED) is 0.388. The topological polar surface area (TPSA) is 0 Å². The Balaban J connectivity index is 1.58. The highest BCUT2D eigenvalue weighted by molar-refractivity contribution is 5.64. The third-order valence-electron chi connectivity index (χ3n) is 5.42. The molecule has 0 atom stereocenters. The summed E-state index contributed by atoms with van der Waals surface area (Å²) in [6, 6.07) is 16.6. The van der Waals surface area contributed by atoms with E-state index in [1.807, 2.05) is 30.3 Å². The Hall–Kier alpha value is -2.47. The molecule has 1 saturated carbocycles. The van der Waals surface area contributed by atoms with Crippen LogP contribution >= 0.6 is 0 Å². The molecule has 1 aliphatic rings. The zero-order valence-electron chi connectivity index (χ0n) is 15.9. The van der Waals surface area contributed by atoms with Crippen LogP contribution in [0.25, 0.3) is 11.1 Å². The van der Waals surface area contributed by atoms with Crippen molar-refractivity contribution in [3.8, 4) is 23.0 Å². The van der Waals surface area contributed by atoms with Gasteiger partial charge in [-0.25, -0.2) is 0 Å². The van der Waals surface area contributed by atoms with E-state index in [2.05, 4.69) is 42.7 Å². The number of hydrogen-bond acceptors (Lipinski definition) is 0. The normalized spacial score (nSPS) is 19.5. The van der Waals surface area contributed by atoms with Crippen molar-refractivity contribution in [2.45, 2.75) is 44.7 Å². The van der Waals surface area contributed by atoms with Gasteiger partial charge in [-0.2, -0.15) is 13.2 Å². The summed E-state index contributed by atoms with van der Waals surface area (Å²) in [5.41, 5.74) is 4.49. The molecule has 0 aromatic heterocycles. The van der Waals surface area contributed by atoms with E-state index in [-0.39, 0.29) is 18.8 Å². The number of benzene rings is 2. The van der Waals surface area contributed by atoms with Gasteiger partial charge >= 0.3 is 6.18 Å². The van der Waals surface area contributed by atoms with Gasteiger partial charge < -0.3 is 0 Å². The summed E-state index contributed by atoms with van der Waals surface area (Å²) in [6.45, 7) is 3.75. The van der Waals surface area contributed by atoms with Crippen LogP contribution in [-0.4, -0.2) is 6.18 Å². The lowest BCUT2D eigenvalue weighted by Crippen LogP contribution is -2.27. The first-order valence-electron chi connectivity index (χ1n) is 9.84. The van der Waals surface area contributed by atoms with Gasteiger partial charge in [0.05, 0.1) is 5.92 Å². The van der Waals surface area contributed by atoms with Gasteiger partial charge in [0.15, 0.2) is 0 Å². The molecule has 3 heteroatoms. The first-order valence-corrected chi connectivity index (χ1v) is 9.84. The van der Waals surface area contributed by atoms with Gasteiger partial charge in [0.1, 0.15) is 0 Å². The molecule has 1 fully saturated rings. The number of hydrogen-bond donors (Lipinski definition) is 0. The lowest BCUT2D eigenvalue weighted by Gasteiger charge is -2.27. The number of alkyl halides is 3. The van der Waals surface area contributed by atoms with Gasteiger partial charge in [0.2, 0.25) is 0 Å². The summed E-state index contributed by atoms with van der Waals surface area (Å²) >= 11 is 0. The van der Waals surface area contributed by atoms with Crippen LogP contribution in [0.15, 0.2) is 61.2 Å². The average molecular weight is 382 g/mol.